The number of hydrogen-bond donors (Lipinski definition) is 1. The molecule has 0 bridgehead atoms. The van der Waals surface area contributed by atoms with Crippen molar-refractivity contribution in [1.29, 1.82) is 0 Å². The van der Waals surface area contributed by atoms with Crippen LogP contribution in [0.3, 0.4) is 0 Å². The van der Waals surface area contributed by atoms with Crippen molar-refractivity contribution in [2.24, 2.45) is 0 Å². The van der Waals surface area contributed by atoms with Gasteiger partial charge in [0.2, 0.25) is 21.8 Å². The van der Waals surface area contributed by atoms with Gasteiger partial charge in [-0.25, -0.2) is 8.42 Å². The molecule has 1 aliphatic rings. The molecule has 0 saturated heterocycles. The van der Waals surface area contributed by atoms with Crippen molar-refractivity contribution in [1.82, 2.24) is 10.2 Å². The zero-order chi connectivity index (χ0) is 29.4. The third-order valence-electron chi connectivity index (χ3n) is 7.62. The number of nitrogens with one attached hydrogen (secondary N) is 1. The Hall–Kier alpha value is -2.29. The van der Waals surface area contributed by atoms with Crippen molar-refractivity contribution in [2.45, 2.75) is 90.8 Å². The molecule has 0 aliphatic heterocycles. The fraction of sp³-hybridized carbons (Fsp3) is 0.533. The number of carbonyl (C=O) groups excluding carboxylic acids is 2. The van der Waals surface area contributed by atoms with Crippen molar-refractivity contribution in [3.05, 3.63) is 63.1 Å². The van der Waals surface area contributed by atoms with Crippen LogP contribution in [0.4, 0.5) is 5.69 Å². The number of anilines is 1. The van der Waals surface area contributed by atoms with Gasteiger partial charge in [-0.1, -0.05) is 61.5 Å². The number of nitrogens with zero attached hydrogens (tertiary/aromatic N) is 2. The summed E-state index contributed by atoms with van der Waals surface area (Å²) < 4.78 is 26.6. The first-order chi connectivity index (χ1) is 18.9. The molecule has 1 saturated carbocycles. The number of sulfonamides is 1. The molecule has 0 unspecified atom stereocenters. The lowest BCUT2D eigenvalue weighted by Gasteiger charge is -2.33. The number of hydrogen-bond acceptors (Lipinski definition) is 4. The van der Waals surface area contributed by atoms with Gasteiger partial charge in [0.15, 0.2) is 0 Å². The summed E-state index contributed by atoms with van der Waals surface area (Å²) in [5, 5.41) is 4.07. The first kappa shape index (κ1) is 32.2. The zero-order valence-electron chi connectivity index (χ0n) is 23.9. The summed E-state index contributed by atoms with van der Waals surface area (Å²) in [5.74, 6) is -0.397. The molecule has 220 valence electrons. The summed E-state index contributed by atoms with van der Waals surface area (Å²) in [5.41, 5.74) is 3.32. The summed E-state index contributed by atoms with van der Waals surface area (Å²) in [4.78, 5) is 28.7. The summed E-state index contributed by atoms with van der Waals surface area (Å²) in [6, 6.07) is 10.1. The Labute approximate surface area is 249 Å². The van der Waals surface area contributed by atoms with Gasteiger partial charge in [-0.15, -0.1) is 0 Å². The van der Waals surface area contributed by atoms with Crippen molar-refractivity contribution in [3.8, 4) is 0 Å². The second-order valence-electron chi connectivity index (χ2n) is 10.7. The quantitative estimate of drug-likeness (QED) is 0.301. The normalized spacial score (nSPS) is 14.9. The Morgan fingerprint density at radius 3 is 2.33 bits per heavy atom. The monoisotopic (exact) mass is 609 g/mol. The van der Waals surface area contributed by atoms with Crippen molar-refractivity contribution in [2.75, 3.05) is 17.1 Å². The highest BCUT2D eigenvalue weighted by Crippen LogP contribution is 2.26. The number of carbonyl (C=O) groups is 2. The van der Waals surface area contributed by atoms with E-state index in [2.05, 4.69) is 5.32 Å². The van der Waals surface area contributed by atoms with E-state index in [9.17, 15) is 18.0 Å². The van der Waals surface area contributed by atoms with Crippen molar-refractivity contribution in [3.63, 3.8) is 0 Å². The van der Waals surface area contributed by atoms with Gasteiger partial charge in [0, 0.05) is 35.6 Å². The minimum absolute atomic E-state index is 0.0787. The van der Waals surface area contributed by atoms with Crippen LogP contribution in [0.2, 0.25) is 10.0 Å². The van der Waals surface area contributed by atoms with E-state index in [-0.39, 0.29) is 37.4 Å². The van der Waals surface area contributed by atoms with Gasteiger partial charge in [0.25, 0.3) is 0 Å². The molecule has 40 heavy (non-hydrogen) atoms. The van der Waals surface area contributed by atoms with E-state index in [1.165, 1.54) is 17.0 Å². The highest BCUT2D eigenvalue weighted by molar-refractivity contribution is 7.92. The molecule has 1 fully saturated rings. The van der Waals surface area contributed by atoms with E-state index >= 15 is 0 Å². The van der Waals surface area contributed by atoms with Crippen LogP contribution in [0.25, 0.3) is 0 Å². The number of rotatable bonds is 12. The molecule has 0 radical (unpaired) electrons. The number of aryl methyl sites for hydroxylation is 2. The molecule has 10 heteroatoms. The Balaban J connectivity index is 1.79. The van der Waals surface area contributed by atoms with Crippen LogP contribution in [0.15, 0.2) is 36.4 Å². The molecular formula is C30H41Cl2N3O4S. The largest absolute Gasteiger partial charge is 0.352 e. The lowest BCUT2D eigenvalue weighted by molar-refractivity contribution is -0.141. The molecule has 2 amide bonds. The molecule has 0 spiro atoms. The molecule has 1 atom stereocenters. The van der Waals surface area contributed by atoms with E-state index in [0.717, 1.165) is 36.8 Å². The molecular weight excluding hydrogens is 569 g/mol. The predicted octanol–water partition coefficient (Wildman–Crippen LogP) is 6.41. The fourth-order valence-electron chi connectivity index (χ4n) is 5.18. The van der Waals surface area contributed by atoms with E-state index in [4.69, 9.17) is 23.2 Å². The highest BCUT2D eigenvalue weighted by Gasteiger charge is 2.31. The molecule has 3 rings (SSSR count). The maximum Gasteiger partial charge on any atom is 0.243 e. The number of amides is 2. The minimum atomic E-state index is -3.56. The third-order valence-corrected chi connectivity index (χ3v) is 9.40. The summed E-state index contributed by atoms with van der Waals surface area (Å²) in [7, 11) is -3.56. The summed E-state index contributed by atoms with van der Waals surface area (Å²) >= 11 is 12.5. The molecule has 7 nitrogen and oxygen atoms in total. The maximum atomic E-state index is 13.7. The van der Waals surface area contributed by atoms with Crippen LogP contribution in [0, 0.1) is 13.8 Å². The zero-order valence-corrected chi connectivity index (χ0v) is 26.2. The van der Waals surface area contributed by atoms with Gasteiger partial charge in [0.05, 0.1) is 11.9 Å². The maximum absolute atomic E-state index is 13.7. The lowest BCUT2D eigenvalue weighted by Crippen LogP contribution is -2.51. The Kier molecular flexibility index (Phi) is 11.7. The van der Waals surface area contributed by atoms with E-state index in [1.807, 2.05) is 32.9 Å². The molecule has 0 heterocycles. The van der Waals surface area contributed by atoms with Crippen LogP contribution in [0.1, 0.15) is 75.0 Å². The average molecular weight is 611 g/mol. The van der Waals surface area contributed by atoms with Gasteiger partial charge in [-0.05, 0) is 80.5 Å². The van der Waals surface area contributed by atoms with Gasteiger partial charge in [0.1, 0.15) is 6.04 Å². The summed E-state index contributed by atoms with van der Waals surface area (Å²) in [6.07, 6.45) is 7.22. The standard InChI is InChI=1S/C30H41Cl2N3O4S/c1-5-28(30(37)33-25-10-7-6-8-11-25)34(20-23-14-15-24(31)19-27(23)32)29(36)12-9-17-35(40(4,38)39)26-16-13-21(2)22(3)18-26/h13-16,18-19,25,28H,5-12,17,20H2,1-4H3,(H,33,37)/t28-/m1/s1. The molecule has 1 aliphatic carbocycles. The second-order valence-corrected chi connectivity index (χ2v) is 13.5. The van der Waals surface area contributed by atoms with Crippen LogP contribution < -0.4 is 9.62 Å². The van der Waals surface area contributed by atoms with Crippen LogP contribution in [-0.4, -0.2) is 50.0 Å². The van der Waals surface area contributed by atoms with E-state index in [1.54, 1.807) is 29.2 Å². The second kappa shape index (κ2) is 14.6. The van der Waals surface area contributed by atoms with Crippen LogP contribution in [-0.2, 0) is 26.2 Å². The van der Waals surface area contributed by atoms with Gasteiger partial charge >= 0.3 is 0 Å². The molecule has 1 N–H and O–H groups in total. The minimum Gasteiger partial charge on any atom is -0.352 e. The van der Waals surface area contributed by atoms with Gasteiger partial charge in [-0.2, -0.15) is 0 Å². The molecule has 2 aromatic carbocycles. The Bertz CT molecular complexity index is 1300. The SMILES string of the molecule is CC[C@H](C(=O)NC1CCCCC1)N(Cc1ccc(Cl)cc1Cl)C(=O)CCCN(c1ccc(C)c(C)c1)S(C)(=O)=O. The first-order valence-corrected chi connectivity index (χ1v) is 16.6. The van der Waals surface area contributed by atoms with Gasteiger partial charge in [-0.3, -0.25) is 13.9 Å². The number of halogens is 2. The molecule has 2 aromatic rings. The van der Waals surface area contributed by atoms with Crippen LogP contribution in [0.5, 0.6) is 0 Å². The smallest absolute Gasteiger partial charge is 0.243 e. The number of benzene rings is 2. The topological polar surface area (TPSA) is 86.8 Å². The van der Waals surface area contributed by atoms with Crippen molar-refractivity contribution >= 4 is 50.7 Å². The predicted molar refractivity (Wildman–Crippen MR) is 163 cm³/mol. The highest BCUT2D eigenvalue weighted by atomic mass is 35.5. The lowest BCUT2D eigenvalue weighted by atomic mass is 9.95. The fourth-order valence-corrected chi connectivity index (χ4v) is 6.61. The first-order valence-electron chi connectivity index (χ1n) is 14.0. The van der Waals surface area contributed by atoms with Crippen molar-refractivity contribution < 1.29 is 18.0 Å². The third kappa shape index (κ3) is 8.85. The van der Waals surface area contributed by atoms with E-state index < -0.39 is 16.1 Å². The Morgan fingerprint density at radius 1 is 1.02 bits per heavy atom. The molecule has 0 aromatic heterocycles. The Morgan fingerprint density at radius 2 is 1.73 bits per heavy atom. The van der Waals surface area contributed by atoms with Crippen LogP contribution >= 0.6 is 23.2 Å². The van der Waals surface area contributed by atoms with Gasteiger partial charge < -0.3 is 10.2 Å². The summed E-state index contributed by atoms with van der Waals surface area (Å²) in [6.45, 7) is 6.09. The average Bonchev–Trinajstić information content (AvgIpc) is 2.89. The van der Waals surface area contributed by atoms with E-state index in [0.29, 0.717) is 34.1 Å².